The number of hydrogen-bond acceptors (Lipinski definition) is 6. The van der Waals surface area contributed by atoms with Gasteiger partial charge in [-0.05, 0) is 61.7 Å². The van der Waals surface area contributed by atoms with Crippen LogP contribution in [-0.4, -0.2) is 58.8 Å². The van der Waals surface area contributed by atoms with Crippen molar-refractivity contribution in [2.75, 3.05) is 33.4 Å². The molecule has 2 heterocycles. The molecule has 1 fully saturated rings. The zero-order valence-electron chi connectivity index (χ0n) is 19.4. The van der Waals surface area contributed by atoms with Gasteiger partial charge in [-0.25, -0.2) is 0 Å². The van der Waals surface area contributed by atoms with Gasteiger partial charge < -0.3 is 19.3 Å². The molecule has 3 aromatic rings. The third-order valence-electron chi connectivity index (χ3n) is 5.86. The normalized spacial score (nSPS) is 18.8. The molecule has 7 heteroatoms. The molecule has 1 unspecified atom stereocenters. The van der Waals surface area contributed by atoms with Crippen molar-refractivity contribution in [2.24, 2.45) is 0 Å². The Morgan fingerprint density at radius 1 is 1.09 bits per heavy atom. The van der Waals surface area contributed by atoms with E-state index in [1.807, 2.05) is 66.5 Å². The molecule has 0 bridgehead atoms. The highest BCUT2D eigenvalue weighted by molar-refractivity contribution is 5.43. The first-order valence-electron chi connectivity index (χ1n) is 11.4. The number of hydrogen-bond donors (Lipinski definition) is 1. The lowest BCUT2D eigenvalue weighted by atomic mass is 9.93. The molecule has 1 saturated heterocycles. The first-order valence-corrected chi connectivity index (χ1v) is 11.4. The van der Waals surface area contributed by atoms with Crippen LogP contribution in [0.4, 0.5) is 0 Å². The average Bonchev–Trinajstić information content (AvgIpc) is 3.24. The molecule has 1 atom stereocenters. The van der Waals surface area contributed by atoms with Crippen LogP contribution in [-0.2, 0) is 13.1 Å². The number of aromatic nitrogens is 2. The maximum absolute atomic E-state index is 11.1. The summed E-state index contributed by atoms with van der Waals surface area (Å²) in [6, 6.07) is 15.7. The van der Waals surface area contributed by atoms with E-state index in [-0.39, 0.29) is 6.61 Å². The van der Waals surface area contributed by atoms with Gasteiger partial charge in [-0.3, -0.25) is 9.58 Å². The van der Waals surface area contributed by atoms with Gasteiger partial charge in [0, 0.05) is 19.3 Å². The number of aliphatic hydroxyl groups is 1. The van der Waals surface area contributed by atoms with Crippen molar-refractivity contribution in [3.05, 3.63) is 72.1 Å². The summed E-state index contributed by atoms with van der Waals surface area (Å²) in [5.74, 6) is 2.21. The van der Waals surface area contributed by atoms with Gasteiger partial charge >= 0.3 is 0 Å². The molecule has 0 radical (unpaired) electrons. The topological polar surface area (TPSA) is 69.0 Å². The van der Waals surface area contributed by atoms with Crippen molar-refractivity contribution in [2.45, 2.75) is 38.5 Å². The number of ether oxygens (including phenoxy) is 3. The van der Waals surface area contributed by atoms with Gasteiger partial charge in [0.25, 0.3) is 0 Å². The molecule has 4 rings (SSSR count). The van der Waals surface area contributed by atoms with Crippen molar-refractivity contribution in [3.63, 3.8) is 0 Å². The smallest absolute Gasteiger partial charge is 0.161 e. The maximum Gasteiger partial charge on any atom is 0.161 e. The lowest BCUT2D eigenvalue weighted by molar-refractivity contribution is -0.0621. The molecular formula is C26H33N3O4. The SMILES string of the molecule is COc1ccc(CN2CCCC(O)(COc3ccccc3)C2)cc1OCCn1cc(C)cn1. The maximum atomic E-state index is 11.1. The van der Waals surface area contributed by atoms with Crippen LogP contribution in [0.1, 0.15) is 24.0 Å². The molecule has 1 aliphatic rings. The van der Waals surface area contributed by atoms with E-state index in [9.17, 15) is 5.11 Å². The number of methoxy groups -OCH3 is 1. The van der Waals surface area contributed by atoms with E-state index in [0.717, 1.165) is 48.6 Å². The van der Waals surface area contributed by atoms with Crippen LogP contribution >= 0.6 is 0 Å². The summed E-state index contributed by atoms with van der Waals surface area (Å²) in [5, 5.41) is 15.4. The molecule has 0 spiro atoms. The number of rotatable bonds is 10. The second kappa shape index (κ2) is 10.7. The number of benzene rings is 2. The number of likely N-dealkylation sites (tertiary alicyclic amines) is 1. The van der Waals surface area contributed by atoms with Gasteiger partial charge in [0.2, 0.25) is 0 Å². The molecule has 0 aliphatic carbocycles. The molecular weight excluding hydrogens is 418 g/mol. The lowest BCUT2D eigenvalue weighted by Gasteiger charge is -2.39. The Hall–Kier alpha value is -3.03. The van der Waals surface area contributed by atoms with Crippen LogP contribution in [0, 0.1) is 6.92 Å². The largest absolute Gasteiger partial charge is 0.493 e. The second-order valence-electron chi connectivity index (χ2n) is 8.75. The molecule has 1 N–H and O–H groups in total. The highest BCUT2D eigenvalue weighted by Crippen LogP contribution is 2.30. The summed E-state index contributed by atoms with van der Waals surface area (Å²) in [5.41, 5.74) is 1.39. The summed E-state index contributed by atoms with van der Waals surface area (Å²) in [7, 11) is 1.65. The fraction of sp³-hybridized carbons (Fsp3) is 0.423. The number of aryl methyl sites for hydroxylation is 1. The van der Waals surface area contributed by atoms with E-state index in [2.05, 4.69) is 16.1 Å². The summed E-state index contributed by atoms with van der Waals surface area (Å²) in [6.45, 7) is 5.72. The summed E-state index contributed by atoms with van der Waals surface area (Å²) >= 11 is 0. The molecule has 1 aliphatic heterocycles. The van der Waals surface area contributed by atoms with Gasteiger partial charge in [-0.15, -0.1) is 0 Å². The first-order chi connectivity index (χ1) is 16.0. The zero-order chi connectivity index (χ0) is 23.1. The molecule has 33 heavy (non-hydrogen) atoms. The Morgan fingerprint density at radius 2 is 1.94 bits per heavy atom. The van der Waals surface area contributed by atoms with Crippen LogP contribution in [0.3, 0.4) is 0 Å². The van der Waals surface area contributed by atoms with Crippen LogP contribution in [0.2, 0.25) is 0 Å². The van der Waals surface area contributed by atoms with Crippen LogP contribution < -0.4 is 14.2 Å². The minimum absolute atomic E-state index is 0.289. The fourth-order valence-electron chi connectivity index (χ4n) is 4.22. The van der Waals surface area contributed by atoms with Crippen molar-refractivity contribution in [1.29, 1.82) is 0 Å². The van der Waals surface area contributed by atoms with Gasteiger partial charge in [0.15, 0.2) is 11.5 Å². The molecule has 176 valence electrons. The highest BCUT2D eigenvalue weighted by atomic mass is 16.5. The Labute approximate surface area is 195 Å². The van der Waals surface area contributed by atoms with Crippen LogP contribution in [0.15, 0.2) is 60.9 Å². The van der Waals surface area contributed by atoms with Gasteiger partial charge in [-0.2, -0.15) is 5.10 Å². The van der Waals surface area contributed by atoms with E-state index in [1.165, 1.54) is 0 Å². The number of nitrogens with zero attached hydrogens (tertiary/aromatic N) is 3. The molecule has 7 nitrogen and oxygen atoms in total. The summed E-state index contributed by atoms with van der Waals surface area (Å²) in [4.78, 5) is 2.27. The minimum atomic E-state index is -0.859. The Kier molecular flexibility index (Phi) is 7.52. The molecule has 0 saturated carbocycles. The van der Waals surface area contributed by atoms with Crippen LogP contribution in [0.25, 0.3) is 0 Å². The van der Waals surface area contributed by atoms with Crippen LogP contribution in [0.5, 0.6) is 17.2 Å². The highest BCUT2D eigenvalue weighted by Gasteiger charge is 2.34. The van der Waals surface area contributed by atoms with Crippen molar-refractivity contribution in [3.8, 4) is 17.2 Å². The Balaban J connectivity index is 1.34. The first kappa shape index (κ1) is 23.1. The molecule has 0 amide bonds. The number of piperidine rings is 1. The van der Waals surface area contributed by atoms with E-state index >= 15 is 0 Å². The van der Waals surface area contributed by atoms with E-state index in [1.54, 1.807) is 7.11 Å². The minimum Gasteiger partial charge on any atom is -0.493 e. The van der Waals surface area contributed by atoms with Crippen molar-refractivity contribution >= 4 is 0 Å². The number of para-hydroxylation sites is 1. The van der Waals surface area contributed by atoms with Gasteiger partial charge in [0.1, 0.15) is 24.6 Å². The zero-order valence-corrected chi connectivity index (χ0v) is 19.4. The van der Waals surface area contributed by atoms with Gasteiger partial charge in [-0.1, -0.05) is 24.3 Å². The second-order valence-corrected chi connectivity index (χ2v) is 8.75. The molecule has 1 aromatic heterocycles. The average molecular weight is 452 g/mol. The third-order valence-corrected chi connectivity index (χ3v) is 5.86. The Bertz CT molecular complexity index is 1020. The third kappa shape index (κ3) is 6.49. The number of β-amino-alcohol motifs (C(OH)–C–C–N with tert-alkyl or cyclic N) is 1. The quantitative estimate of drug-likeness (QED) is 0.507. The lowest BCUT2D eigenvalue weighted by Crippen LogP contribution is -2.51. The summed E-state index contributed by atoms with van der Waals surface area (Å²) in [6.07, 6.45) is 5.50. The Morgan fingerprint density at radius 3 is 2.70 bits per heavy atom. The predicted octanol–water partition coefficient (Wildman–Crippen LogP) is 3.69. The fourth-order valence-corrected chi connectivity index (χ4v) is 4.22. The van der Waals surface area contributed by atoms with E-state index in [4.69, 9.17) is 14.2 Å². The van der Waals surface area contributed by atoms with E-state index < -0.39 is 5.60 Å². The monoisotopic (exact) mass is 451 g/mol. The standard InChI is InChI=1S/C26H33N3O4/c1-21-16-27-29(17-21)13-14-32-25-15-22(9-10-24(25)31-2)18-28-12-6-11-26(30,19-28)20-33-23-7-4-3-5-8-23/h3-5,7-10,15-17,30H,6,11-14,18-20H2,1-2H3. The van der Waals surface area contributed by atoms with Gasteiger partial charge in [0.05, 0.1) is 19.9 Å². The predicted molar refractivity (Wildman–Crippen MR) is 127 cm³/mol. The van der Waals surface area contributed by atoms with Crippen molar-refractivity contribution in [1.82, 2.24) is 14.7 Å². The van der Waals surface area contributed by atoms with Crippen molar-refractivity contribution < 1.29 is 19.3 Å². The summed E-state index contributed by atoms with van der Waals surface area (Å²) < 4.78 is 19.2. The molecule has 2 aromatic carbocycles. The van der Waals surface area contributed by atoms with E-state index in [0.29, 0.717) is 25.4 Å².